The SMILES string of the molecule is Cc1ccc(OC(=O)COc2ccc(Br)cc2C)c(C)c1. The molecule has 0 amide bonds. The van der Waals surface area contributed by atoms with Crippen LogP contribution in [0.5, 0.6) is 11.5 Å². The van der Waals surface area contributed by atoms with E-state index in [1.807, 2.05) is 51.1 Å². The number of hydrogen-bond donors (Lipinski definition) is 0. The van der Waals surface area contributed by atoms with Crippen LogP contribution >= 0.6 is 15.9 Å². The van der Waals surface area contributed by atoms with Crippen LogP contribution < -0.4 is 9.47 Å². The van der Waals surface area contributed by atoms with E-state index in [4.69, 9.17) is 9.47 Å². The van der Waals surface area contributed by atoms with E-state index in [0.29, 0.717) is 11.5 Å². The first-order valence-electron chi connectivity index (χ1n) is 6.62. The van der Waals surface area contributed by atoms with Gasteiger partial charge in [0.2, 0.25) is 0 Å². The molecule has 110 valence electrons. The minimum absolute atomic E-state index is 0.115. The van der Waals surface area contributed by atoms with E-state index >= 15 is 0 Å². The van der Waals surface area contributed by atoms with Crippen molar-refractivity contribution in [3.63, 3.8) is 0 Å². The van der Waals surface area contributed by atoms with Crippen molar-refractivity contribution in [3.05, 3.63) is 57.6 Å². The first-order valence-corrected chi connectivity index (χ1v) is 7.42. The number of hydrogen-bond acceptors (Lipinski definition) is 3. The molecule has 2 aromatic carbocycles. The van der Waals surface area contributed by atoms with E-state index in [9.17, 15) is 4.79 Å². The van der Waals surface area contributed by atoms with Gasteiger partial charge in [-0.2, -0.15) is 0 Å². The number of halogens is 1. The lowest BCUT2D eigenvalue weighted by molar-refractivity contribution is -0.136. The first-order chi connectivity index (χ1) is 9.95. The van der Waals surface area contributed by atoms with Crippen molar-refractivity contribution in [1.82, 2.24) is 0 Å². The zero-order chi connectivity index (χ0) is 15.4. The van der Waals surface area contributed by atoms with Crippen LogP contribution in [0.3, 0.4) is 0 Å². The summed E-state index contributed by atoms with van der Waals surface area (Å²) < 4.78 is 11.8. The topological polar surface area (TPSA) is 35.5 Å². The Kier molecular flexibility index (Phi) is 5.02. The molecule has 3 nitrogen and oxygen atoms in total. The van der Waals surface area contributed by atoms with Crippen molar-refractivity contribution in [2.45, 2.75) is 20.8 Å². The second kappa shape index (κ2) is 6.76. The zero-order valence-electron chi connectivity index (χ0n) is 12.3. The summed E-state index contributed by atoms with van der Waals surface area (Å²) >= 11 is 3.39. The number of carbonyl (C=O) groups excluding carboxylic acids is 1. The average Bonchev–Trinajstić information content (AvgIpc) is 2.41. The fourth-order valence-corrected chi connectivity index (χ4v) is 2.45. The number of benzene rings is 2. The summed E-state index contributed by atoms with van der Waals surface area (Å²) in [5, 5.41) is 0. The van der Waals surface area contributed by atoms with Crippen LogP contribution in [0.25, 0.3) is 0 Å². The molecule has 0 spiro atoms. The van der Waals surface area contributed by atoms with Crippen molar-refractivity contribution in [2.75, 3.05) is 6.61 Å². The largest absolute Gasteiger partial charge is 0.482 e. The molecule has 0 aliphatic heterocycles. The highest BCUT2D eigenvalue weighted by Crippen LogP contribution is 2.22. The van der Waals surface area contributed by atoms with Crippen molar-refractivity contribution in [1.29, 1.82) is 0 Å². The number of aryl methyl sites for hydroxylation is 3. The normalized spacial score (nSPS) is 10.3. The van der Waals surface area contributed by atoms with Crippen LogP contribution in [-0.2, 0) is 4.79 Å². The van der Waals surface area contributed by atoms with Crippen LogP contribution in [0.1, 0.15) is 16.7 Å². The Hall–Kier alpha value is -1.81. The molecular formula is C17H17BrO3. The van der Waals surface area contributed by atoms with Gasteiger partial charge in [-0.05, 0) is 56.2 Å². The van der Waals surface area contributed by atoms with Gasteiger partial charge in [0.15, 0.2) is 6.61 Å². The molecule has 0 fully saturated rings. The summed E-state index contributed by atoms with van der Waals surface area (Å²) in [5.74, 6) is 0.835. The summed E-state index contributed by atoms with van der Waals surface area (Å²) in [7, 11) is 0. The fraction of sp³-hybridized carbons (Fsp3) is 0.235. The van der Waals surface area contributed by atoms with Crippen molar-refractivity contribution < 1.29 is 14.3 Å². The van der Waals surface area contributed by atoms with Crippen LogP contribution in [0.15, 0.2) is 40.9 Å². The summed E-state index contributed by atoms with van der Waals surface area (Å²) in [6.45, 7) is 5.72. The lowest BCUT2D eigenvalue weighted by atomic mass is 10.1. The van der Waals surface area contributed by atoms with Crippen LogP contribution in [-0.4, -0.2) is 12.6 Å². The van der Waals surface area contributed by atoms with E-state index in [1.165, 1.54) is 0 Å². The standard InChI is InChI=1S/C17H17BrO3/c1-11-4-6-16(12(2)8-11)21-17(19)10-20-15-7-5-14(18)9-13(15)3/h4-9H,10H2,1-3H3. The van der Waals surface area contributed by atoms with Crippen molar-refractivity contribution in [3.8, 4) is 11.5 Å². The van der Waals surface area contributed by atoms with Gasteiger partial charge in [-0.15, -0.1) is 0 Å². The van der Waals surface area contributed by atoms with Gasteiger partial charge < -0.3 is 9.47 Å². The predicted molar refractivity (Wildman–Crippen MR) is 85.9 cm³/mol. The third-order valence-electron chi connectivity index (χ3n) is 3.04. The van der Waals surface area contributed by atoms with Gasteiger partial charge in [0.05, 0.1) is 0 Å². The van der Waals surface area contributed by atoms with Crippen molar-refractivity contribution >= 4 is 21.9 Å². The Morgan fingerprint density at radius 2 is 1.67 bits per heavy atom. The molecule has 0 N–H and O–H groups in total. The highest BCUT2D eigenvalue weighted by molar-refractivity contribution is 9.10. The quantitative estimate of drug-likeness (QED) is 0.608. The minimum atomic E-state index is -0.413. The molecule has 21 heavy (non-hydrogen) atoms. The Labute approximate surface area is 133 Å². The molecule has 0 aliphatic rings. The van der Waals surface area contributed by atoms with E-state index in [0.717, 1.165) is 21.2 Å². The molecule has 2 rings (SSSR count). The second-order valence-corrected chi connectivity index (χ2v) is 5.86. The van der Waals surface area contributed by atoms with E-state index < -0.39 is 5.97 Å². The van der Waals surface area contributed by atoms with Crippen LogP contribution in [0, 0.1) is 20.8 Å². The third kappa shape index (κ3) is 4.33. The van der Waals surface area contributed by atoms with Crippen LogP contribution in [0.2, 0.25) is 0 Å². The molecule has 2 aromatic rings. The molecule has 4 heteroatoms. The Morgan fingerprint density at radius 3 is 2.33 bits per heavy atom. The van der Waals surface area contributed by atoms with Gasteiger partial charge in [-0.1, -0.05) is 33.6 Å². The highest BCUT2D eigenvalue weighted by Gasteiger charge is 2.09. The van der Waals surface area contributed by atoms with Gasteiger partial charge >= 0.3 is 5.97 Å². The van der Waals surface area contributed by atoms with Gasteiger partial charge in [-0.25, -0.2) is 4.79 Å². The highest BCUT2D eigenvalue weighted by atomic mass is 79.9. The zero-order valence-corrected chi connectivity index (χ0v) is 13.9. The number of carbonyl (C=O) groups is 1. The number of rotatable bonds is 4. The second-order valence-electron chi connectivity index (χ2n) is 4.94. The molecular weight excluding hydrogens is 332 g/mol. The lowest BCUT2D eigenvalue weighted by Crippen LogP contribution is -2.18. The molecule has 0 atom stereocenters. The summed E-state index contributed by atoms with van der Waals surface area (Å²) in [4.78, 5) is 11.8. The molecule has 0 radical (unpaired) electrons. The molecule has 0 heterocycles. The molecule has 0 bridgehead atoms. The van der Waals surface area contributed by atoms with E-state index in [1.54, 1.807) is 6.07 Å². The fourth-order valence-electron chi connectivity index (χ4n) is 1.98. The lowest BCUT2D eigenvalue weighted by Gasteiger charge is -2.10. The number of esters is 1. The average molecular weight is 349 g/mol. The van der Waals surface area contributed by atoms with E-state index in [2.05, 4.69) is 15.9 Å². The van der Waals surface area contributed by atoms with Crippen LogP contribution in [0.4, 0.5) is 0 Å². The van der Waals surface area contributed by atoms with E-state index in [-0.39, 0.29) is 6.61 Å². The van der Waals surface area contributed by atoms with Gasteiger partial charge in [0, 0.05) is 4.47 Å². The maximum Gasteiger partial charge on any atom is 0.349 e. The monoisotopic (exact) mass is 348 g/mol. The first kappa shape index (κ1) is 15.6. The summed E-state index contributed by atoms with van der Waals surface area (Å²) in [6.07, 6.45) is 0. The summed E-state index contributed by atoms with van der Waals surface area (Å²) in [5.41, 5.74) is 3.03. The number of ether oxygens (including phenoxy) is 2. The molecule has 0 aromatic heterocycles. The predicted octanol–water partition coefficient (Wildman–Crippen LogP) is 4.36. The maximum atomic E-state index is 11.8. The Bertz CT molecular complexity index is 665. The minimum Gasteiger partial charge on any atom is -0.482 e. The Morgan fingerprint density at radius 1 is 1.00 bits per heavy atom. The molecule has 0 unspecified atom stereocenters. The Balaban J connectivity index is 1.96. The van der Waals surface area contributed by atoms with Gasteiger partial charge in [0.1, 0.15) is 11.5 Å². The molecule has 0 aliphatic carbocycles. The van der Waals surface area contributed by atoms with Gasteiger partial charge in [0.25, 0.3) is 0 Å². The molecule has 0 saturated carbocycles. The third-order valence-corrected chi connectivity index (χ3v) is 3.53. The summed E-state index contributed by atoms with van der Waals surface area (Å²) in [6, 6.07) is 11.3. The smallest absolute Gasteiger partial charge is 0.349 e. The van der Waals surface area contributed by atoms with Crippen molar-refractivity contribution in [2.24, 2.45) is 0 Å². The molecule has 0 saturated heterocycles. The van der Waals surface area contributed by atoms with Gasteiger partial charge in [-0.3, -0.25) is 0 Å². The maximum absolute atomic E-state index is 11.8.